The van der Waals surface area contributed by atoms with Crippen molar-refractivity contribution in [2.75, 3.05) is 19.0 Å². The van der Waals surface area contributed by atoms with Crippen LogP contribution in [0.25, 0.3) is 0 Å². The summed E-state index contributed by atoms with van der Waals surface area (Å²) in [5, 5.41) is 11.3. The Morgan fingerprint density at radius 1 is 1.29 bits per heavy atom. The number of ether oxygens (including phenoxy) is 2. The number of rotatable bonds is 7. The Morgan fingerprint density at radius 3 is 2.84 bits per heavy atom. The van der Waals surface area contributed by atoms with E-state index in [4.69, 9.17) is 9.47 Å². The van der Waals surface area contributed by atoms with Gasteiger partial charge < -0.3 is 20.1 Å². The van der Waals surface area contributed by atoms with Gasteiger partial charge in [-0.1, -0.05) is 0 Å². The molecule has 0 aliphatic heterocycles. The van der Waals surface area contributed by atoms with E-state index < -0.39 is 24.9 Å². The smallest absolute Gasteiger partial charge is 0.407 e. The number of alkyl carbamates (subject to hydrolysis) is 1. The lowest BCUT2D eigenvalue weighted by Gasteiger charge is -2.14. The van der Waals surface area contributed by atoms with Gasteiger partial charge in [-0.25, -0.2) is 9.78 Å². The first-order chi connectivity index (χ1) is 14.7. The van der Waals surface area contributed by atoms with E-state index in [1.165, 1.54) is 7.11 Å². The van der Waals surface area contributed by atoms with Gasteiger partial charge >= 0.3 is 12.3 Å². The number of aromatic amines is 1. The minimum Gasteiger partial charge on any atom is -0.481 e. The van der Waals surface area contributed by atoms with Gasteiger partial charge in [0.15, 0.2) is 5.82 Å². The molecular weight excluding hydrogens is 419 g/mol. The molecule has 12 heteroatoms. The van der Waals surface area contributed by atoms with Crippen LogP contribution in [0.4, 0.5) is 23.8 Å². The van der Waals surface area contributed by atoms with E-state index in [1.54, 1.807) is 29.7 Å². The van der Waals surface area contributed by atoms with Crippen LogP contribution in [0.3, 0.4) is 0 Å². The number of alkyl halides is 3. The number of carbonyl (C=O) groups excluding carboxylic acids is 2. The highest BCUT2D eigenvalue weighted by Gasteiger charge is 2.32. The summed E-state index contributed by atoms with van der Waals surface area (Å²) in [7, 11) is 1.49. The summed E-state index contributed by atoms with van der Waals surface area (Å²) in [6, 6.07) is 5.07. The minimum absolute atomic E-state index is 0.0111. The van der Waals surface area contributed by atoms with Crippen molar-refractivity contribution in [2.45, 2.75) is 43.9 Å². The molecule has 0 unspecified atom stereocenters. The number of halogens is 3. The molecule has 2 amide bonds. The van der Waals surface area contributed by atoms with E-state index in [9.17, 15) is 22.8 Å². The highest BCUT2D eigenvalue weighted by molar-refractivity contribution is 5.91. The van der Waals surface area contributed by atoms with Crippen molar-refractivity contribution in [3.63, 3.8) is 0 Å². The molecular formula is C19H22F3N5O4. The largest absolute Gasteiger partial charge is 0.481 e. The number of nitrogens with one attached hydrogen (secondary N) is 3. The van der Waals surface area contributed by atoms with Crippen LogP contribution in [-0.4, -0.2) is 53.1 Å². The fraction of sp³-hybridized carbons (Fsp3) is 0.474. The Bertz CT molecular complexity index is 918. The quantitative estimate of drug-likeness (QED) is 0.608. The molecule has 0 saturated heterocycles. The molecule has 0 bridgehead atoms. The summed E-state index contributed by atoms with van der Waals surface area (Å²) in [5.74, 6) is 0.494. The molecule has 3 rings (SSSR count). The Kier molecular flexibility index (Phi) is 6.98. The van der Waals surface area contributed by atoms with Crippen LogP contribution < -0.4 is 15.4 Å². The minimum atomic E-state index is -4.49. The van der Waals surface area contributed by atoms with Crippen molar-refractivity contribution in [2.24, 2.45) is 0 Å². The maximum absolute atomic E-state index is 12.2. The third-order valence-electron chi connectivity index (χ3n) is 4.77. The summed E-state index contributed by atoms with van der Waals surface area (Å²) in [5.41, 5.74) is 1.49. The predicted octanol–water partition coefficient (Wildman–Crippen LogP) is 2.92. The highest BCUT2D eigenvalue weighted by Crippen LogP contribution is 2.35. The molecule has 0 aromatic carbocycles. The van der Waals surface area contributed by atoms with E-state index in [-0.39, 0.29) is 18.2 Å². The zero-order chi connectivity index (χ0) is 22.4. The van der Waals surface area contributed by atoms with Crippen molar-refractivity contribution >= 4 is 17.8 Å². The first kappa shape index (κ1) is 22.4. The van der Waals surface area contributed by atoms with Gasteiger partial charge in [0.2, 0.25) is 11.8 Å². The third kappa shape index (κ3) is 6.86. The van der Waals surface area contributed by atoms with Gasteiger partial charge in [0.1, 0.15) is 12.6 Å². The molecule has 1 aliphatic carbocycles. The van der Waals surface area contributed by atoms with Gasteiger partial charge in [-0.05, 0) is 30.9 Å². The molecule has 1 aliphatic rings. The molecule has 2 aromatic rings. The lowest BCUT2D eigenvalue weighted by molar-refractivity contribution is -0.124. The van der Waals surface area contributed by atoms with Crippen LogP contribution in [0.2, 0.25) is 0 Å². The van der Waals surface area contributed by atoms with E-state index in [0.717, 1.165) is 11.3 Å². The average Bonchev–Trinajstić information content (AvgIpc) is 3.35. The molecule has 31 heavy (non-hydrogen) atoms. The number of H-pyrrole nitrogens is 1. The maximum atomic E-state index is 12.2. The number of aromatic nitrogens is 3. The van der Waals surface area contributed by atoms with Crippen molar-refractivity contribution in [3.05, 3.63) is 35.7 Å². The van der Waals surface area contributed by atoms with E-state index >= 15 is 0 Å². The number of carbonyl (C=O) groups is 2. The SMILES string of the molecule is COc1cc(CC(=O)Nc2cc([C@H]3CC[C@@H](OC(=O)NCC(F)(F)F)C3)[nH]n2)ccn1. The Labute approximate surface area is 175 Å². The Balaban J connectivity index is 1.47. The zero-order valence-corrected chi connectivity index (χ0v) is 16.7. The first-order valence-electron chi connectivity index (χ1n) is 9.57. The molecule has 2 aromatic heterocycles. The van der Waals surface area contributed by atoms with Gasteiger partial charge in [-0.2, -0.15) is 18.3 Å². The van der Waals surface area contributed by atoms with Gasteiger partial charge in [0.05, 0.1) is 13.5 Å². The first-order valence-corrected chi connectivity index (χ1v) is 9.57. The lowest BCUT2D eigenvalue weighted by Crippen LogP contribution is -2.35. The van der Waals surface area contributed by atoms with Gasteiger partial charge in [0.25, 0.3) is 0 Å². The van der Waals surface area contributed by atoms with Gasteiger partial charge in [0, 0.05) is 29.9 Å². The summed E-state index contributed by atoms with van der Waals surface area (Å²) in [6.45, 7) is -1.43. The number of hydrogen-bond acceptors (Lipinski definition) is 6. The maximum Gasteiger partial charge on any atom is 0.407 e. The second-order valence-corrected chi connectivity index (χ2v) is 7.15. The molecule has 0 radical (unpaired) electrons. The Hall–Kier alpha value is -3.31. The molecule has 9 nitrogen and oxygen atoms in total. The summed E-state index contributed by atoms with van der Waals surface area (Å²) >= 11 is 0. The molecule has 2 heterocycles. The fourth-order valence-corrected chi connectivity index (χ4v) is 3.35. The van der Waals surface area contributed by atoms with Crippen molar-refractivity contribution in [3.8, 4) is 5.88 Å². The normalized spacial score (nSPS) is 18.5. The lowest BCUT2D eigenvalue weighted by atomic mass is 10.0. The topological polar surface area (TPSA) is 118 Å². The van der Waals surface area contributed by atoms with Crippen LogP contribution >= 0.6 is 0 Å². The van der Waals surface area contributed by atoms with Crippen LogP contribution in [0, 0.1) is 0 Å². The standard InChI is InChI=1S/C19H22F3N5O4/c1-30-17-7-11(4-5-23-17)6-16(28)25-15-9-14(26-27-15)12-2-3-13(8-12)31-18(29)24-10-19(20,21)22/h4-5,7,9,12-13H,2-3,6,8,10H2,1H3,(H,24,29)(H2,25,26,27,28)/t12-,13+/m0/s1. The van der Waals surface area contributed by atoms with Crippen LogP contribution in [0.1, 0.15) is 36.4 Å². The molecule has 2 atom stereocenters. The number of nitrogens with zero attached hydrogens (tertiary/aromatic N) is 2. The number of methoxy groups -OCH3 is 1. The monoisotopic (exact) mass is 441 g/mol. The summed E-state index contributed by atoms with van der Waals surface area (Å²) < 4.78 is 46.5. The van der Waals surface area contributed by atoms with Crippen LogP contribution in [0.15, 0.2) is 24.4 Å². The fourth-order valence-electron chi connectivity index (χ4n) is 3.35. The average molecular weight is 441 g/mol. The molecule has 1 saturated carbocycles. The number of pyridine rings is 1. The van der Waals surface area contributed by atoms with Crippen molar-refractivity contribution in [1.82, 2.24) is 20.5 Å². The second kappa shape index (κ2) is 9.67. The third-order valence-corrected chi connectivity index (χ3v) is 4.77. The van der Waals surface area contributed by atoms with E-state index in [0.29, 0.717) is 31.0 Å². The molecule has 0 spiro atoms. The predicted molar refractivity (Wildman–Crippen MR) is 103 cm³/mol. The van der Waals surface area contributed by atoms with Crippen LogP contribution in [-0.2, 0) is 16.0 Å². The molecule has 3 N–H and O–H groups in total. The van der Waals surface area contributed by atoms with E-state index in [1.807, 2.05) is 0 Å². The highest BCUT2D eigenvalue weighted by atomic mass is 19.4. The van der Waals surface area contributed by atoms with Gasteiger partial charge in [-0.3, -0.25) is 9.89 Å². The summed E-state index contributed by atoms with van der Waals surface area (Å²) in [6.07, 6.45) is -2.75. The van der Waals surface area contributed by atoms with Gasteiger partial charge in [-0.15, -0.1) is 0 Å². The summed E-state index contributed by atoms with van der Waals surface area (Å²) in [4.78, 5) is 27.7. The van der Waals surface area contributed by atoms with Crippen molar-refractivity contribution in [1.29, 1.82) is 0 Å². The second-order valence-electron chi connectivity index (χ2n) is 7.15. The zero-order valence-electron chi connectivity index (χ0n) is 16.7. The molecule has 168 valence electrons. The van der Waals surface area contributed by atoms with Crippen LogP contribution in [0.5, 0.6) is 5.88 Å². The molecule has 1 fully saturated rings. The number of anilines is 1. The van der Waals surface area contributed by atoms with Crippen molar-refractivity contribution < 1.29 is 32.2 Å². The van der Waals surface area contributed by atoms with E-state index in [2.05, 4.69) is 20.5 Å². The number of amides is 2. The Morgan fingerprint density at radius 2 is 2.10 bits per heavy atom. The number of hydrogen-bond donors (Lipinski definition) is 3.